The van der Waals surface area contributed by atoms with Gasteiger partial charge in [0.2, 0.25) is 0 Å². The molecule has 0 bridgehead atoms. The average Bonchev–Trinajstić information content (AvgIpc) is 2.84. The van der Waals surface area contributed by atoms with Crippen molar-refractivity contribution in [2.45, 2.75) is 18.9 Å². The molecule has 0 saturated carbocycles. The zero-order valence-electron chi connectivity index (χ0n) is 9.99. The second-order valence-corrected chi connectivity index (χ2v) is 5.20. The Balaban J connectivity index is 1.98. The first kappa shape index (κ1) is 12.0. The molecule has 3 rings (SSSR count). The lowest BCUT2D eigenvalue weighted by atomic mass is 9.88. The van der Waals surface area contributed by atoms with Crippen molar-refractivity contribution in [1.82, 2.24) is 15.3 Å². The van der Waals surface area contributed by atoms with Crippen LogP contribution in [-0.2, 0) is 0 Å². The third kappa shape index (κ3) is 2.00. The molecule has 3 heterocycles. The van der Waals surface area contributed by atoms with Crippen LogP contribution < -0.4 is 5.32 Å². The van der Waals surface area contributed by atoms with Crippen LogP contribution in [0.25, 0.3) is 11.0 Å². The van der Waals surface area contributed by atoms with Crippen molar-refractivity contribution in [3.05, 3.63) is 29.0 Å². The molecule has 1 atom stereocenters. The van der Waals surface area contributed by atoms with Crippen LogP contribution in [0.1, 0.15) is 24.5 Å². The van der Waals surface area contributed by atoms with E-state index in [4.69, 9.17) is 11.6 Å². The summed E-state index contributed by atoms with van der Waals surface area (Å²) in [5, 5.41) is 15.3. The summed E-state index contributed by atoms with van der Waals surface area (Å²) in [6.07, 6.45) is 5.01. The molecule has 1 aliphatic heterocycles. The Bertz CT molecular complexity index is 548. The number of halogens is 1. The van der Waals surface area contributed by atoms with Crippen molar-refractivity contribution in [1.29, 1.82) is 0 Å². The molecule has 96 valence electrons. The number of aliphatic hydroxyl groups excluding tert-OH is 1. The van der Waals surface area contributed by atoms with Crippen LogP contribution in [-0.4, -0.2) is 28.2 Å². The highest BCUT2D eigenvalue weighted by Crippen LogP contribution is 2.35. The quantitative estimate of drug-likeness (QED) is 0.781. The van der Waals surface area contributed by atoms with Gasteiger partial charge in [-0.15, -0.1) is 0 Å². The third-order valence-electron chi connectivity index (χ3n) is 3.70. The van der Waals surface area contributed by atoms with Crippen LogP contribution in [0.4, 0.5) is 0 Å². The van der Waals surface area contributed by atoms with Crippen molar-refractivity contribution in [2.75, 3.05) is 13.1 Å². The van der Waals surface area contributed by atoms with E-state index in [-0.39, 0.29) is 0 Å². The van der Waals surface area contributed by atoms with E-state index in [1.807, 2.05) is 6.20 Å². The molecule has 0 amide bonds. The molecule has 1 aliphatic rings. The van der Waals surface area contributed by atoms with Gasteiger partial charge >= 0.3 is 0 Å². The fourth-order valence-corrected chi connectivity index (χ4v) is 2.94. The van der Waals surface area contributed by atoms with E-state index >= 15 is 0 Å². The summed E-state index contributed by atoms with van der Waals surface area (Å²) in [7, 11) is 0. The van der Waals surface area contributed by atoms with Gasteiger partial charge in [0.25, 0.3) is 0 Å². The molecule has 3 N–H and O–H groups in total. The summed E-state index contributed by atoms with van der Waals surface area (Å²) >= 11 is 6.20. The molecule has 1 fully saturated rings. The van der Waals surface area contributed by atoms with Crippen molar-refractivity contribution < 1.29 is 5.11 Å². The molecule has 1 saturated heterocycles. The third-order valence-corrected chi connectivity index (χ3v) is 4.02. The number of aliphatic hydroxyl groups is 1. The highest BCUT2D eigenvalue weighted by Gasteiger charge is 2.25. The molecule has 4 nitrogen and oxygen atoms in total. The fraction of sp³-hybridized carbons (Fsp3) is 0.462. The standard InChI is InChI=1S/C13H16ClN3O/c14-10-3-6-16-13-11(10)9(7-17-13)12(18)8-1-4-15-5-2-8/h3,6-8,12,15,18H,1-2,4-5H2,(H,16,17). The maximum absolute atomic E-state index is 10.5. The van der Waals surface area contributed by atoms with Gasteiger partial charge in [-0.25, -0.2) is 4.98 Å². The summed E-state index contributed by atoms with van der Waals surface area (Å²) in [4.78, 5) is 7.30. The Labute approximate surface area is 110 Å². The molecule has 2 aromatic heterocycles. The molecule has 1 unspecified atom stereocenters. The van der Waals surface area contributed by atoms with Gasteiger partial charge in [-0.05, 0) is 37.9 Å². The first-order valence-electron chi connectivity index (χ1n) is 6.27. The molecule has 0 radical (unpaired) electrons. The van der Waals surface area contributed by atoms with Gasteiger partial charge in [-0.2, -0.15) is 0 Å². The second kappa shape index (κ2) is 4.88. The van der Waals surface area contributed by atoms with E-state index in [0.29, 0.717) is 10.9 Å². The number of hydrogen-bond donors (Lipinski definition) is 3. The number of rotatable bonds is 2. The Morgan fingerprint density at radius 1 is 1.39 bits per heavy atom. The Kier molecular flexibility index (Phi) is 3.24. The van der Waals surface area contributed by atoms with E-state index in [2.05, 4.69) is 15.3 Å². The Hall–Kier alpha value is -1.10. The SMILES string of the molecule is OC(c1c[nH]c2nccc(Cl)c12)C1CCNCC1. The highest BCUT2D eigenvalue weighted by molar-refractivity contribution is 6.35. The number of hydrogen-bond acceptors (Lipinski definition) is 3. The molecular weight excluding hydrogens is 250 g/mol. The molecule has 18 heavy (non-hydrogen) atoms. The van der Waals surface area contributed by atoms with Gasteiger partial charge in [-0.3, -0.25) is 0 Å². The Morgan fingerprint density at radius 3 is 2.94 bits per heavy atom. The first-order chi connectivity index (χ1) is 8.77. The lowest BCUT2D eigenvalue weighted by Gasteiger charge is -2.27. The number of nitrogens with one attached hydrogen (secondary N) is 2. The summed E-state index contributed by atoms with van der Waals surface area (Å²) in [5.41, 5.74) is 1.61. The lowest BCUT2D eigenvalue weighted by molar-refractivity contribution is 0.0902. The van der Waals surface area contributed by atoms with Crippen molar-refractivity contribution in [3.8, 4) is 0 Å². The van der Waals surface area contributed by atoms with Gasteiger partial charge in [0.1, 0.15) is 5.65 Å². The lowest BCUT2D eigenvalue weighted by Crippen LogP contribution is -2.30. The van der Waals surface area contributed by atoms with Crippen LogP contribution in [0.5, 0.6) is 0 Å². The summed E-state index contributed by atoms with van der Waals surface area (Å²) in [6.45, 7) is 1.94. The molecule has 0 spiro atoms. The van der Waals surface area contributed by atoms with Gasteiger partial charge in [-0.1, -0.05) is 11.6 Å². The van der Waals surface area contributed by atoms with E-state index in [9.17, 15) is 5.11 Å². The van der Waals surface area contributed by atoms with Crippen LogP contribution in [0.3, 0.4) is 0 Å². The topological polar surface area (TPSA) is 60.9 Å². The predicted octanol–water partition coefficient (Wildman–Crippen LogP) is 2.25. The highest BCUT2D eigenvalue weighted by atomic mass is 35.5. The van der Waals surface area contributed by atoms with Crippen LogP contribution in [0.15, 0.2) is 18.5 Å². The molecule has 0 aliphatic carbocycles. The maximum Gasteiger partial charge on any atom is 0.139 e. The number of aromatic amines is 1. The van der Waals surface area contributed by atoms with E-state index in [1.165, 1.54) is 0 Å². The summed E-state index contributed by atoms with van der Waals surface area (Å²) in [5.74, 6) is 0.293. The average molecular weight is 266 g/mol. The molecule has 0 aromatic carbocycles. The number of piperidine rings is 1. The van der Waals surface area contributed by atoms with Gasteiger partial charge in [0.15, 0.2) is 0 Å². The number of fused-ring (bicyclic) bond motifs is 1. The maximum atomic E-state index is 10.5. The zero-order chi connectivity index (χ0) is 12.5. The van der Waals surface area contributed by atoms with Crippen LogP contribution in [0.2, 0.25) is 5.02 Å². The van der Waals surface area contributed by atoms with E-state index in [0.717, 1.165) is 42.5 Å². The molecule has 2 aromatic rings. The molecular formula is C13H16ClN3O. The van der Waals surface area contributed by atoms with Gasteiger partial charge < -0.3 is 15.4 Å². The van der Waals surface area contributed by atoms with E-state index < -0.39 is 6.10 Å². The predicted molar refractivity (Wildman–Crippen MR) is 71.7 cm³/mol. The fourth-order valence-electron chi connectivity index (χ4n) is 2.69. The minimum Gasteiger partial charge on any atom is -0.388 e. The largest absolute Gasteiger partial charge is 0.388 e. The number of H-pyrrole nitrogens is 1. The van der Waals surface area contributed by atoms with E-state index in [1.54, 1.807) is 12.3 Å². The zero-order valence-corrected chi connectivity index (χ0v) is 10.7. The van der Waals surface area contributed by atoms with Gasteiger partial charge in [0, 0.05) is 23.3 Å². The van der Waals surface area contributed by atoms with Crippen LogP contribution >= 0.6 is 11.6 Å². The molecule has 5 heteroatoms. The van der Waals surface area contributed by atoms with Crippen molar-refractivity contribution >= 4 is 22.6 Å². The summed E-state index contributed by atoms with van der Waals surface area (Å²) in [6, 6.07) is 1.76. The number of nitrogens with zero attached hydrogens (tertiary/aromatic N) is 1. The Morgan fingerprint density at radius 2 is 2.17 bits per heavy atom. The van der Waals surface area contributed by atoms with Gasteiger partial charge in [0.05, 0.1) is 11.1 Å². The first-order valence-corrected chi connectivity index (χ1v) is 6.65. The number of aromatic nitrogens is 2. The monoisotopic (exact) mass is 265 g/mol. The number of pyridine rings is 1. The summed E-state index contributed by atoms with van der Waals surface area (Å²) < 4.78 is 0. The second-order valence-electron chi connectivity index (χ2n) is 4.79. The normalized spacial score (nSPS) is 19.2. The smallest absolute Gasteiger partial charge is 0.139 e. The van der Waals surface area contributed by atoms with Crippen molar-refractivity contribution in [3.63, 3.8) is 0 Å². The van der Waals surface area contributed by atoms with Crippen LogP contribution in [0, 0.1) is 5.92 Å². The van der Waals surface area contributed by atoms with Crippen molar-refractivity contribution in [2.24, 2.45) is 5.92 Å². The minimum atomic E-state index is -0.470. The minimum absolute atomic E-state index is 0.293.